The fourth-order valence-corrected chi connectivity index (χ4v) is 7.74. The smallest absolute Gasteiger partial charge is 0.0726 e. The summed E-state index contributed by atoms with van der Waals surface area (Å²) in [4.78, 5) is 0. The van der Waals surface area contributed by atoms with Gasteiger partial charge in [0.2, 0.25) is 0 Å². The standard InChI is InChI=1S/C45H41N/c1-43(2,3)31-18-23-36-37-24-19-32(44(4,5)6)27-41(37)45(40(36)26-31)39-15-11-10-14-35(39)38-25-22-34(28-42(38)45)46-33-20-16-30(17-21-33)29-12-8-7-9-13-29/h7-28,46H,1-6H3. The molecule has 0 bridgehead atoms. The Hall–Kier alpha value is -4.88. The number of nitrogens with one attached hydrogen (secondary N) is 1. The van der Waals surface area contributed by atoms with Crippen molar-refractivity contribution in [2.45, 2.75) is 57.8 Å². The van der Waals surface area contributed by atoms with Gasteiger partial charge in [0.05, 0.1) is 5.41 Å². The Kier molecular flexibility index (Phi) is 6.25. The molecule has 1 spiro atoms. The minimum atomic E-state index is -0.395. The first-order valence-corrected chi connectivity index (χ1v) is 16.5. The molecule has 0 saturated heterocycles. The molecular formula is C45H41N. The van der Waals surface area contributed by atoms with E-state index in [1.54, 1.807) is 0 Å². The summed E-state index contributed by atoms with van der Waals surface area (Å²) < 4.78 is 0. The molecule has 8 rings (SSSR count). The van der Waals surface area contributed by atoms with Crippen molar-refractivity contribution in [1.29, 1.82) is 0 Å². The summed E-state index contributed by atoms with van der Waals surface area (Å²) in [6.07, 6.45) is 0. The van der Waals surface area contributed by atoms with E-state index in [0.29, 0.717) is 0 Å². The summed E-state index contributed by atoms with van der Waals surface area (Å²) in [6, 6.07) is 49.9. The molecule has 1 heteroatoms. The van der Waals surface area contributed by atoms with Gasteiger partial charge >= 0.3 is 0 Å². The lowest BCUT2D eigenvalue weighted by atomic mass is 9.68. The van der Waals surface area contributed by atoms with Gasteiger partial charge in [-0.05, 0) is 102 Å². The highest BCUT2D eigenvalue weighted by molar-refractivity contribution is 5.96. The van der Waals surface area contributed by atoms with Crippen LogP contribution in [-0.2, 0) is 16.2 Å². The second kappa shape index (κ2) is 10.1. The number of hydrogen-bond acceptors (Lipinski definition) is 1. The first-order chi connectivity index (χ1) is 22.0. The summed E-state index contributed by atoms with van der Waals surface area (Å²) in [5.41, 5.74) is 17.9. The SMILES string of the molecule is CC(C)(C)c1ccc2c(c1)C1(c3ccccc3-c3ccc(Nc4ccc(-c5ccccc5)cc4)cc31)c1cc(C(C)(C)C)ccc1-2. The average molecular weight is 596 g/mol. The molecule has 0 heterocycles. The zero-order valence-corrected chi connectivity index (χ0v) is 27.7. The highest BCUT2D eigenvalue weighted by Crippen LogP contribution is 2.63. The molecule has 0 amide bonds. The van der Waals surface area contributed by atoms with Crippen LogP contribution < -0.4 is 5.32 Å². The fourth-order valence-electron chi connectivity index (χ4n) is 7.74. The normalized spacial score (nSPS) is 14.0. The zero-order valence-electron chi connectivity index (χ0n) is 27.7. The molecule has 46 heavy (non-hydrogen) atoms. The Bertz CT molecular complexity index is 2060. The number of benzene rings is 6. The van der Waals surface area contributed by atoms with Crippen LogP contribution in [0.3, 0.4) is 0 Å². The lowest BCUT2D eigenvalue weighted by Crippen LogP contribution is -2.27. The summed E-state index contributed by atoms with van der Waals surface area (Å²) in [7, 11) is 0. The molecule has 0 unspecified atom stereocenters. The van der Waals surface area contributed by atoms with E-state index < -0.39 is 5.41 Å². The maximum atomic E-state index is 3.76. The van der Waals surface area contributed by atoms with Crippen molar-refractivity contribution in [2.24, 2.45) is 0 Å². The minimum Gasteiger partial charge on any atom is -0.356 e. The van der Waals surface area contributed by atoms with Crippen LogP contribution >= 0.6 is 0 Å². The van der Waals surface area contributed by atoms with Crippen LogP contribution in [-0.4, -0.2) is 0 Å². The fraction of sp³-hybridized carbons (Fsp3) is 0.200. The number of hydrogen-bond donors (Lipinski definition) is 1. The summed E-state index contributed by atoms with van der Waals surface area (Å²) in [5.74, 6) is 0. The van der Waals surface area contributed by atoms with Crippen molar-refractivity contribution in [3.63, 3.8) is 0 Å². The first kappa shape index (κ1) is 28.6. The van der Waals surface area contributed by atoms with Gasteiger partial charge in [0.25, 0.3) is 0 Å². The maximum absolute atomic E-state index is 3.76. The van der Waals surface area contributed by atoms with E-state index in [1.807, 2.05) is 0 Å². The molecule has 226 valence electrons. The second-order valence-electron chi connectivity index (χ2n) is 15.1. The van der Waals surface area contributed by atoms with Gasteiger partial charge < -0.3 is 5.32 Å². The van der Waals surface area contributed by atoms with E-state index >= 15 is 0 Å². The number of rotatable bonds is 3. The average Bonchev–Trinajstić information content (AvgIpc) is 3.51. The Morgan fingerprint density at radius 2 is 0.848 bits per heavy atom. The molecule has 0 radical (unpaired) electrons. The van der Waals surface area contributed by atoms with E-state index in [0.717, 1.165) is 11.4 Å². The van der Waals surface area contributed by atoms with Crippen molar-refractivity contribution < 1.29 is 0 Å². The molecule has 0 atom stereocenters. The summed E-state index contributed by atoms with van der Waals surface area (Å²) in [6.45, 7) is 13.9. The van der Waals surface area contributed by atoms with Crippen LogP contribution in [0.25, 0.3) is 33.4 Å². The summed E-state index contributed by atoms with van der Waals surface area (Å²) in [5, 5.41) is 3.76. The maximum Gasteiger partial charge on any atom is 0.0726 e. The van der Waals surface area contributed by atoms with E-state index in [1.165, 1.54) is 66.8 Å². The Balaban J connectivity index is 1.34. The third-order valence-electron chi connectivity index (χ3n) is 10.2. The number of anilines is 2. The highest BCUT2D eigenvalue weighted by atomic mass is 14.9. The topological polar surface area (TPSA) is 12.0 Å². The van der Waals surface area contributed by atoms with Gasteiger partial charge in [0.1, 0.15) is 0 Å². The Labute approximate surface area is 274 Å². The van der Waals surface area contributed by atoms with Crippen LogP contribution in [0.4, 0.5) is 11.4 Å². The quantitative estimate of drug-likeness (QED) is 0.214. The van der Waals surface area contributed by atoms with Crippen molar-refractivity contribution in [2.75, 3.05) is 5.32 Å². The molecule has 6 aromatic rings. The van der Waals surface area contributed by atoms with Crippen LogP contribution in [0.5, 0.6) is 0 Å². The monoisotopic (exact) mass is 595 g/mol. The Morgan fingerprint density at radius 3 is 1.43 bits per heavy atom. The lowest BCUT2D eigenvalue weighted by molar-refractivity contribution is 0.586. The van der Waals surface area contributed by atoms with Gasteiger partial charge in [0.15, 0.2) is 0 Å². The molecule has 1 N–H and O–H groups in total. The molecule has 0 aromatic heterocycles. The number of fused-ring (bicyclic) bond motifs is 10. The van der Waals surface area contributed by atoms with Crippen molar-refractivity contribution in [1.82, 2.24) is 0 Å². The molecule has 0 saturated carbocycles. The van der Waals surface area contributed by atoms with Gasteiger partial charge in [-0.15, -0.1) is 0 Å². The lowest BCUT2D eigenvalue weighted by Gasteiger charge is -2.33. The Morgan fingerprint density at radius 1 is 0.391 bits per heavy atom. The second-order valence-corrected chi connectivity index (χ2v) is 15.1. The molecule has 2 aliphatic rings. The molecule has 0 aliphatic heterocycles. The minimum absolute atomic E-state index is 0.0395. The van der Waals surface area contributed by atoms with Crippen LogP contribution in [0.2, 0.25) is 0 Å². The molecule has 6 aromatic carbocycles. The van der Waals surface area contributed by atoms with Gasteiger partial charge in [-0.25, -0.2) is 0 Å². The molecule has 1 nitrogen and oxygen atoms in total. The van der Waals surface area contributed by atoms with Crippen LogP contribution in [0.1, 0.15) is 74.9 Å². The van der Waals surface area contributed by atoms with E-state index in [9.17, 15) is 0 Å². The van der Waals surface area contributed by atoms with Crippen molar-refractivity contribution in [3.05, 3.63) is 167 Å². The van der Waals surface area contributed by atoms with E-state index in [4.69, 9.17) is 0 Å². The van der Waals surface area contributed by atoms with Gasteiger partial charge in [-0.1, -0.05) is 151 Å². The first-order valence-electron chi connectivity index (χ1n) is 16.5. The molecular weight excluding hydrogens is 555 g/mol. The van der Waals surface area contributed by atoms with Crippen LogP contribution in [0, 0.1) is 0 Å². The predicted molar refractivity (Wildman–Crippen MR) is 195 cm³/mol. The summed E-state index contributed by atoms with van der Waals surface area (Å²) >= 11 is 0. The predicted octanol–water partition coefficient (Wildman–Crippen LogP) is 12.0. The van der Waals surface area contributed by atoms with Crippen LogP contribution in [0.15, 0.2) is 133 Å². The van der Waals surface area contributed by atoms with Crippen molar-refractivity contribution in [3.8, 4) is 33.4 Å². The zero-order chi connectivity index (χ0) is 31.8. The van der Waals surface area contributed by atoms with Crippen molar-refractivity contribution >= 4 is 11.4 Å². The highest BCUT2D eigenvalue weighted by Gasteiger charge is 2.52. The third kappa shape index (κ3) is 4.29. The van der Waals surface area contributed by atoms with Gasteiger partial charge in [0, 0.05) is 11.4 Å². The third-order valence-corrected chi connectivity index (χ3v) is 10.2. The van der Waals surface area contributed by atoms with E-state index in [-0.39, 0.29) is 10.8 Å². The molecule has 2 aliphatic carbocycles. The molecule has 0 fully saturated rings. The van der Waals surface area contributed by atoms with Gasteiger partial charge in [-0.3, -0.25) is 0 Å². The van der Waals surface area contributed by atoms with Gasteiger partial charge in [-0.2, -0.15) is 0 Å². The largest absolute Gasteiger partial charge is 0.356 e. The van der Waals surface area contributed by atoms with E-state index in [2.05, 4.69) is 180 Å².